The van der Waals surface area contributed by atoms with Crippen LogP contribution in [0, 0.1) is 0 Å². The average molecular weight is 384 g/mol. The van der Waals surface area contributed by atoms with Crippen molar-refractivity contribution in [3.63, 3.8) is 0 Å². The second-order valence-electron chi connectivity index (χ2n) is 6.44. The van der Waals surface area contributed by atoms with Gasteiger partial charge in [-0.1, -0.05) is 31.2 Å². The molecule has 4 nitrogen and oxygen atoms in total. The number of allylic oxidation sites excluding steroid dienone is 1. The van der Waals surface area contributed by atoms with Gasteiger partial charge in [0.1, 0.15) is 0 Å². The van der Waals surface area contributed by atoms with E-state index < -0.39 is 0 Å². The van der Waals surface area contributed by atoms with Gasteiger partial charge in [-0.2, -0.15) is 0 Å². The molecule has 0 saturated carbocycles. The molecular formula is C22H25NO3S. The molecule has 0 radical (unpaired) electrons. The van der Waals surface area contributed by atoms with E-state index in [0.29, 0.717) is 28.9 Å². The summed E-state index contributed by atoms with van der Waals surface area (Å²) in [6.45, 7) is 4.83. The molecule has 5 heteroatoms. The van der Waals surface area contributed by atoms with Gasteiger partial charge in [0.15, 0.2) is 11.5 Å². The zero-order valence-electron chi connectivity index (χ0n) is 16.2. The lowest BCUT2D eigenvalue weighted by Crippen LogP contribution is -2.32. The van der Waals surface area contributed by atoms with Gasteiger partial charge in [0, 0.05) is 27.8 Å². The lowest BCUT2D eigenvalue weighted by Gasteiger charge is -2.23. The third-order valence-corrected chi connectivity index (χ3v) is 5.83. The van der Waals surface area contributed by atoms with Crippen molar-refractivity contribution >= 4 is 29.4 Å². The van der Waals surface area contributed by atoms with Gasteiger partial charge in [0.05, 0.1) is 19.9 Å². The molecule has 3 rings (SSSR count). The van der Waals surface area contributed by atoms with Crippen LogP contribution in [0.1, 0.15) is 36.2 Å². The Balaban J connectivity index is 2.07. The number of rotatable bonds is 4. The minimum Gasteiger partial charge on any atom is -0.493 e. The number of hydrogen-bond donors (Lipinski definition) is 0. The first-order valence-corrected chi connectivity index (χ1v) is 9.93. The smallest absolute Gasteiger partial charge is 0.258 e. The second kappa shape index (κ2) is 8.53. The molecule has 27 heavy (non-hydrogen) atoms. The average Bonchev–Trinajstić information content (AvgIpc) is 2.85. The Bertz CT molecular complexity index is 863. The number of fused-ring (bicyclic) bond motifs is 1. The van der Waals surface area contributed by atoms with E-state index in [-0.39, 0.29) is 5.91 Å². The van der Waals surface area contributed by atoms with E-state index in [4.69, 9.17) is 9.47 Å². The molecule has 1 atom stereocenters. The van der Waals surface area contributed by atoms with Crippen LogP contribution in [-0.4, -0.2) is 31.9 Å². The Morgan fingerprint density at radius 1 is 1.22 bits per heavy atom. The van der Waals surface area contributed by atoms with Crippen molar-refractivity contribution in [2.24, 2.45) is 0 Å². The van der Waals surface area contributed by atoms with Gasteiger partial charge in [0.2, 0.25) is 0 Å². The summed E-state index contributed by atoms with van der Waals surface area (Å²) in [4.78, 5) is 16.5. The van der Waals surface area contributed by atoms with E-state index in [1.54, 1.807) is 20.3 Å². The first-order chi connectivity index (χ1) is 13.1. The molecule has 2 aromatic rings. The Morgan fingerprint density at radius 3 is 2.70 bits per heavy atom. The number of anilines is 1. The molecule has 0 fully saturated rings. The first kappa shape index (κ1) is 19.4. The molecule has 0 N–H and O–H groups in total. The van der Waals surface area contributed by atoms with Crippen LogP contribution in [0.25, 0.3) is 6.08 Å². The molecule has 1 aliphatic rings. The Morgan fingerprint density at radius 2 is 2.00 bits per heavy atom. The zero-order chi connectivity index (χ0) is 19.4. The maximum atomic E-state index is 13.4. The maximum Gasteiger partial charge on any atom is 0.258 e. The molecule has 0 aromatic heterocycles. The normalized spacial score (nSPS) is 16.7. The predicted molar refractivity (Wildman–Crippen MR) is 112 cm³/mol. The lowest BCUT2D eigenvalue weighted by atomic mass is 10.1. The van der Waals surface area contributed by atoms with E-state index in [2.05, 4.69) is 13.0 Å². The fraction of sp³-hybridized carbons (Fsp3) is 0.318. The number of amides is 1. The number of carbonyl (C=O) groups excluding carboxylic acids is 1. The summed E-state index contributed by atoms with van der Waals surface area (Å²) in [6.07, 6.45) is 4.79. The quantitative estimate of drug-likeness (QED) is 0.721. The number of benzene rings is 2. The van der Waals surface area contributed by atoms with E-state index in [1.165, 1.54) is 0 Å². The van der Waals surface area contributed by atoms with Crippen LogP contribution >= 0.6 is 11.8 Å². The van der Waals surface area contributed by atoms with Crippen molar-refractivity contribution in [2.75, 3.05) is 25.7 Å². The molecule has 0 aliphatic carbocycles. The topological polar surface area (TPSA) is 38.8 Å². The maximum absolute atomic E-state index is 13.4. The number of nitrogens with zero attached hydrogens (tertiary/aromatic N) is 1. The molecule has 0 unspecified atom stereocenters. The summed E-state index contributed by atoms with van der Waals surface area (Å²) in [7, 11) is 3.20. The minimum absolute atomic E-state index is 0.0242. The van der Waals surface area contributed by atoms with Crippen LogP contribution in [0.2, 0.25) is 0 Å². The summed E-state index contributed by atoms with van der Waals surface area (Å²) >= 11 is 1.82. The van der Waals surface area contributed by atoms with Crippen molar-refractivity contribution in [3.8, 4) is 11.5 Å². The van der Waals surface area contributed by atoms with Gasteiger partial charge in [-0.05, 0) is 37.6 Å². The third kappa shape index (κ3) is 3.98. The summed E-state index contributed by atoms with van der Waals surface area (Å²) in [5.41, 5.74) is 2.39. The largest absolute Gasteiger partial charge is 0.493 e. The Kier molecular flexibility index (Phi) is 6.11. The monoisotopic (exact) mass is 383 g/mol. The van der Waals surface area contributed by atoms with E-state index in [9.17, 15) is 4.79 Å². The van der Waals surface area contributed by atoms with Crippen LogP contribution in [-0.2, 0) is 0 Å². The molecule has 1 aliphatic heterocycles. The number of hydrogen-bond acceptors (Lipinski definition) is 4. The van der Waals surface area contributed by atoms with Crippen molar-refractivity contribution in [1.29, 1.82) is 0 Å². The van der Waals surface area contributed by atoms with Crippen molar-refractivity contribution in [3.05, 3.63) is 53.6 Å². The summed E-state index contributed by atoms with van der Waals surface area (Å²) in [5, 5.41) is 0.466. The first-order valence-electron chi connectivity index (χ1n) is 9.05. The molecule has 0 bridgehead atoms. The van der Waals surface area contributed by atoms with Gasteiger partial charge < -0.3 is 14.4 Å². The highest BCUT2D eigenvalue weighted by atomic mass is 32.2. The number of thioether (sulfide) groups is 1. The molecule has 142 valence electrons. The highest BCUT2D eigenvalue weighted by Crippen LogP contribution is 2.39. The number of methoxy groups -OCH3 is 2. The van der Waals surface area contributed by atoms with Crippen molar-refractivity contribution < 1.29 is 14.3 Å². The van der Waals surface area contributed by atoms with Gasteiger partial charge in [-0.25, -0.2) is 0 Å². The molecule has 1 heterocycles. The SMILES string of the molecule is C/C=C/c1cc(C(=O)N2CC[C@@H](C)Sc3ccccc32)cc(OC)c1OC. The van der Waals surface area contributed by atoms with Crippen molar-refractivity contribution in [2.45, 2.75) is 30.4 Å². The summed E-state index contributed by atoms with van der Waals surface area (Å²) in [5.74, 6) is 1.17. The highest BCUT2D eigenvalue weighted by Gasteiger charge is 2.26. The number of ether oxygens (including phenoxy) is 2. The fourth-order valence-electron chi connectivity index (χ4n) is 3.27. The van der Waals surface area contributed by atoms with Gasteiger partial charge in [0.25, 0.3) is 5.91 Å². The van der Waals surface area contributed by atoms with Crippen LogP contribution in [0.3, 0.4) is 0 Å². The molecule has 2 aromatic carbocycles. The molecule has 1 amide bonds. The molecule has 0 spiro atoms. The van der Waals surface area contributed by atoms with Crippen molar-refractivity contribution in [1.82, 2.24) is 0 Å². The predicted octanol–water partition coefficient (Wildman–Crippen LogP) is 5.27. The molecule has 0 saturated heterocycles. The highest BCUT2D eigenvalue weighted by molar-refractivity contribution is 8.00. The Hall–Kier alpha value is -2.40. The van der Waals surface area contributed by atoms with E-state index >= 15 is 0 Å². The van der Waals surface area contributed by atoms with Crippen LogP contribution in [0.4, 0.5) is 5.69 Å². The van der Waals surface area contributed by atoms with E-state index in [0.717, 1.165) is 22.6 Å². The van der Waals surface area contributed by atoms with Gasteiger partial charge in [-0.3, -0.25) is 4.79 Å². The Labute approximate surface area is 165 Å². The second-order valence-corrected chi connectivity index (χ2v) is 7.92. The number of para-hydroxylation sites is 1. The standard InChI is InChI=1S/C22H25NO3S/c1-5-8-16-13-17(14-19(25-3)21(16)26-4)22(24)23-12-11-15(2)27-20-10-7-6-9-18(20)23/h5-10,13-15H,11-12H2,1-4H3/b8-5+/t15-/m1/s1. The number of carbonyl (C=O) groups is 1. The van der Waals surface area contributed by atoms with Crippen LogP contribution in [0.15, 0.2) is 47.4 Å². The minimum atomic E-state index is -0.0242. The zero-order valence-corrected chi connectivity index (χ0v) is 17.0. The van der Waals surface area contributed by atoms with Crippen LogP contribution < -0.4 is 14.4 Å². The summed E-state index contributed by atoms with van der Waals surface area (Å²) in [6, 6.07) is 11.7. The van der Waals surface area contributed by atoms with Crippen LogP contribution in [0.5, 0.6) is 11.5 Å². The van der Waals surface area contributed by atoms with Gasteiger partial charge >= 0.3 is 0 Å². The lowest BCUT2D eigenvalue weighted by molar-refractivity contribution is 0.0986. The van der Waals surface area contributed by atoms with Gasteiger partial charge in [-0.15, -0.1) is 11.8 Å². The van der Waals surface area contributed by atoms with E-state index in [1.807, 2.05) is 60.0 Å². The summed E-state index contributed by atoms with van der Waals surface area (Å²) < 4.78 is 11.0. The third-order valence-electron chi connectivity index (χ3n) is 4.59. The molecular weight excluding hydrogens is 358 g/mol. The fourth-order valence-corrected chi connectivity index (χ4v) is 4.39.